The second-order valence-electron chi connectivity index (χ2n) is 5.51. The van der Waals surface area contributed by atoms with E-state index in [1.807, 2.05) is 36.9 Å². The molecule has 1 aromatic carbocycles. The lowest BCUT2D eigenvalue weighted by Crippen LogP contribution is -2.25. The Kier molecular flexibility index (Phi) is 4.10. The predicted molar refractivity (Wildman–Crippen MR) is 89.3 cm³/mol. The van der Waals surface area contributed by atoms with Gasteiger partial charge >= 0.3 is 0 Å². The summed E-state index contributed by atoms with van der Waals surface area (Å²) in [5.74, 6) is -0.275. The molecule has 0 fully saturated rings. The highest BCUT2D eigenvalue weighted by atomic mass is 19.1. The van der Waals surface area contributed by atoms with Gasteiger partial charge in [-0.1, -0.05) is 12.1 Å². The molecule has 3 rings (SSSR count). The number of aryl methyl sites for hydroxylation is 1. The van der Waals surface area contributed by atoms with Gasteiger partial charge in [-0.25, -0.2) is 9.37 Å². The van der Waals surface area contributed by atoms with Crippen LogP contribution in [0.5, 0.6) is 0 Å². The molecule has 118 valence electrons. The van der Waals surface area contributed by atoms with Gasteiger partial charge < -0.3 is 4.90 Å². The van der Waals surface area contributed by atoms with Crippen molar-refractivity contribution in [1.82, 2.24) is 9.38 Å². The summed E-state index contributed by atoms with van der Waals surface area (Å²) < 4.78 is 15.0. The molecule has 0 radical (unpaired) electrons. The van der Waals surface area contributed by atoms with Crippen LogP contribution >= 0.6 is 0 Å². The van der Waals surface area contributed by atoms with E-state index in [4.69, 9.17) is 0 Å². The number of pyridine rings is 1. The highest BCUT2D eigenvalue weighted by molar-refractivity contribution is 5.47. The molecule has 0 aliphatic carbocycles. The van der Waals surface area contributed by atoms with Crippen LogP contribution in [0.2, 0.25) is 0 Å². The zero-order chi connectivity index (χ0) is 16.4. The number of benzene rings is 1. The third-order valence-electron chi connectivity index (χ3n) is 3.77. The minimum atomic E-state index is -0.275. The molecule has 0 saturated heterocycles. The molecule has 5 heteroatoms. The topological polar surface area (TPSA) is 37.6 Å². The van der Waals surface area contributed by atoms with Crippen molar-refractivity contribution in [1.29, 1.82) is 0 Å². The fraction of sp³-hybridized carbons (Fsp3) is 0.222. The molecular formula is C18H18FN3O. The van der Waals surface area contributed by atoms with Crippen LogP contribution in [0, 0.1) is 12.7 Å². The van der Waals surface area contributed by atoms with Crippen molar-refractivity contribution in [3.05, 3.63) is 76.1 Å². The first kappa shape index (κ1) is 15.2. The minimum Gasteiger partial charge on any atom is -0.366 e. The number of fused-ring (bicyclic) bond motifs is 1. The SMILES string of the molecule is CCN(Cc1cc(=O)n2cc(C)ccc2n1)c1cccc(F)c1. The average Bonchev–Trinajstić information content (AvgIpc) is 2.53. The molecule has 3 aromatic rings. The van der Waals surface area contributed by atoms with Crippen molar-refractivity contribution in [2.45, 2.75) is 20.4 Å². The Bertz CT molecular complexity index is 904. The molecule has 0 N–H and O–H groups in total. The fourth-order valence-corrected chi connectivity index (χ4v) is 2.59. The summed E-state index contributed by atoms with van der Waals surface area (Å²) in [6, 6.07) is 11.7. The van der Waals surface area contributed by atoms with Gasteiger partial charge in [-0.15, -0.1) is 0 Å². The van der Waals surface area contributed by atoms with Crippen molar-refractivity contribution in [3.8, 4) is 0 Å². The van der Waals surface area contributed by atoms with Crippen LogP contribution in [0.4, 0.5) is 10.1 Å². The summed E-state index contributed by atoms with van der Waals surface area (Å²) in [7, 11) is 0. The second-order valence-corrected chi connectivity index (χ2v) is 5.51. The van der Waals surface area contributed by atoms with E-state index in [0.717, 1.165) is 11.3 Å². The zero-order valence-corrected chi connectivity index (χ0v) is 13.2. The van der Waals surface area contributed by atoms with Crippen LogP contribution in [0.15, 0.2) is 53.5 Å². The Morgan fingerprint density at radius 1 is 1.22 bits per heavy atom. The van der Waals surface area contributed by atoms with Gasteiger partial charge in [0.15, 0.2) is 0 Å². The Labute approximate surface area is 133 Å². The molecule has 0 atom stereocenters. The number of rotatable bonds is 4. The van der Waals surface area contributed by atoms with Crippen LogP contribution in [0.3, 0.4) is 0 Å². The van der Waals surface area contributed by atoms with Gasteiger partial charge in [0.1, 0.15) is 11.5 Å². The van der Waals surface area contributed by atoms with E-state index >= 15 is 0 Å². The van der Waals surface area contributed by atoms with Gasteiger partial charge in [-0.2, -0.15) is 0 Å². The smallest absolute Gasteiger partial charge is 0.258 e. The van der Waals surface area contributed by atoms with Gasteiger partial charge in [0.05, 0.1) is 12.2 Å². The summed E-state index contributed by atoms with van der Waals surface area (Å²) >= 11 is 0. The van der Waals surface area contributed by atoms with E-state index in [0.29, 0.717) is 24.4 Å². The average molecular weight is 311 g/mol. The van der Waals surface area contributed by atoms with E-state index in [-0.39, 0.29) is 11.4 Å². The van der Waals surface area contributed by atoms with E-state index in [9.17, 15) is 9.18 Å². The van der Waals surface area contributed by atoms with E-state index < -0.39 is 0 Å². The van der Waals surface area contributed by atoms with Crippen molar-refractivity contribution < 1.29 is 4.39 Å². The van der Waals surface area contributed by atoms with E-state index in [1.54, 1.807) is 12.3 Å². The van der Waals surface area contributed by atoms with Crippen molar-refractivity contribution >= 4 is 11.3 Å². The fourth-order valence-electron chi connectivity index (χ4n) is 2.59. The van der Waals surface area contributed by atoms with Gasteiger partial charge in [0.2, 0.25) is 0 Å². The number of aromatic nitrogens is 2. The summed E-state index contributed by atoms with van der Waals surface area (Å²) in [5, 5.41) is 0. The quantitative estimate of drug-likeness (QED) is 0.743. The Morgan fingerprint density at radius 2 is 2.04 bits per heavy atom. The Balaban J connectivity index is 1.96. The molecule has 23 heavy (non-hydrogen) atoms. The highest BCUT2D eigenvalue weighted by Gasteiger charge is 2.09. The number of hydrogen-bond acceptors (Lipinski definition) is 3. The third kappa shape index (κ3) is 3.23. The summed E-state index contributed by atoms with van der Waals surface area (Å²) in [4.78, 5) is 18.8. The number of hydrogen-bond donors (Lipinski definition) is 0. The van der Waals surface area contributed by atoms with Gasteiger partial charge in [-0.3, -0.25) is 9.20 Å². The molecule has 0 aliphatic heterocycles. The zero-order valence-electron chi connectivity index (χ0n) is 13.2. The third-order valence-corrected chi connectivity index (χ3v) is 3.77. The highest BCUT2D eigenvalue weighted by Crippen LogP contribution is 2.17. The minimum absolute atomic E-state index is 0.107. The van der Waals surface area contributed by atoms with Gasteiger partial charge in [0, 0.05) is 24.5 Å². The first-order valence-electron chi connectivity index (χ1n) is 7.56. The van der Waals surface area contributed by atoms with Crippen LogP contribution in [-0.4, -0.2) is 15.9 Å². The molecule has 2 heterocycles. The molecule has 0 spiro atoms. The molecule has 4 nitrogen and oxygen atoms in total. The maximum Gasteiger partial charge on any atom is 0.258 e. The standard InChI is InChI=1S/C18H18FN3O/c1-3-21(16-6-4-5-14(19)9-16)12-15-10-18(23)22-11-13(2)7-8-17(22)20-15/h4-11H,3,12H2,1-2H3. The maximum absolute atomic E-state index is 13.4. The molecule has 0 unspecified atom stereocenters. The lowest BCUT2D eigenvalue weighted by atomic mass is 10.2. The molecule has 0 bridgehead atoms. The lowest BCUT2D eigenvalue weighted by Gasteiger charge is -2.22. The van der Waals surface area contributed by atoms with Crippen molar-refractivity contribution in [2.75, 3.05) is 11.4 Å². The van der Waals surface area contributed by atoms with Gasteiger partial charge in [0.25, 0.3) is 5.56 Å². The molecular weight excluding hydrogens is 293 g/mol. The maximum atomic E-state index is 13.4. The molecule has 0 aliphatic rings. The van der Waals surface area contributed by atoms with E-state index in [1.165, 1.54) is 22.6 Å². The predicted octanol–water partition coefficient (Wildman–Crippen LogP) is 3.17. The Hall–Kier alpha value is -2.69. The lowest BCUT2D eigenvalue weighted by molar-refractivity contribution is 0.626. The number of nitrogens with zero attached hydrogens (tertiary/aromatic N) is 3. The monoisotopic (exact) mass is 311 g/mol. The Morgan fingerprint density at radius 3 is 2.78 bits per heavy atom. The van der Waals surface area contributed by atoms with E-state index in [2.05, 4.69) is 4.98 Å². The summed E-state index contributed by atoms with van der Waals surface area (Å²) in [5.41, 5.74) is 2.96. The van der Waals surface area contributed by atoms with Crippen molar-refractivity contribution in [2.24, 2.45) is 0 Å². The molecule has 0 saturated carbocycles. The van der Waals surface area contributed by atoms with Crippen molar-refractivity contribution in [3.63, 3.8) is 0 Å². The van der Waals surface area contributed by atoms with Crippen LogP contribution in [0.25, 0.3) is 5.65 Å². The molecule has 2 aromatic heterocycles. The van der Waals surface area contributed by atoms with Crippen LogP contribution in [-0.2, 0) is 6.54 Å². The first-order chi connectivity index (χ1) is 11.1. The second kappa shape index (κ2) is 6.20. The van der Waals surface area contributed by atoms with Gasteiger partial charge in [-0.05, 0) is 43.7 Å². The first-order valence-corrected chi connectivity index (χ1v) is 7.56. The van der Waals surface area contributed by atoms with Crippen LogP contribution < -0.4 is 10.5 Å². The largest absolute Gasteiger partial charge is 0.366 e. The molecule has 0 amide bonds. The number of anilines is 1. The summed E-state index contributed by atoms with van der Waals surface area (Å²) in [6.45, 7) is 5.07. The van der Waals surface area contributed by atoms with Crippen LogP contribution in [0.1, 0.15) is 18.2 Å². The normalized spacial score (nSPS) is 10.9. The summed E-state index contributed by atoms with van der Waals surface area (Å²) in [6.07, 6.45) is 1.78. The number of halogens is 1.